The number of ketones is 1. The van der Waals surface area contributed by atoms with E-state index in [1.54, 1.807) is 34.9 Å². The molecule has 168 valence electrons. The highest BCUT2D eigenvalue weighted by Gasteiger charge is 2.61. The lowest BCUT2D eigenvalue weighted by atomic mass is 9.61. The third-order valence-electron chi connectivity index (χ3n) is 6.26. The van der Waals surface area contributed by atoms with E-state index in [0.717, 1.165) is 10.1 Å². The van der Waals surface area contributed by atoms with Crippen molar-refractivity contribution >= 4 is 45.6 Å². The number of nitrogens with two attached hydrogens (primary N) is 1. The average molecular weight is 479 g/mol. The van der Waals surface area contributed by atoms with E-state index in [0.29, 0.717) is 34.1 Å². The summed E-state index contributed by atoms with van der Waals surface area (Å²) in [6.45, 7) is 6.05. The van der Waals surface area contributed by atoms with Gasteiger partial charge >= 0.3 is 0 Å². The summed E-state index contributed by atoms with van der Waals surface area (Å²) in [5.74, 6) is 0.356. The molecule has 10 heteroatoms. The van der Waals surface area contributed by atoms with E-state index in [-0.39, 0.29) is 29.0 Å². The summed E-state index contributed by atoms with van der Waals surface area (Å²) >= 11 is 2.91. The fraction of sp³-hybridized carbons (Fsp3) is 0.348. The zero-order valence-electron chi connectivity index (χ0n) is 18.4. The van der Waals surface area contributed by atoms with Crippen molar-refractivity contribution in [3.05, 3.63) is 52.5 Å². The van der Waals surface area contributed by atoms with Gasteiger partial charge in [0.05, 0.1) is 5.57 Å². The highest BCUT2D eigenvalue weighted by atomic mass is 32.2. The number of allylic oxidation sites excluding steroid dienone is 1. The van der Waals surface area contributed by atoms with Crippen LogP contribution in [0.1, 0.15) is 39.2 Å². The Hall–Kier alpha value is -3.16. The molecule has 1 spiro atoms. The number of benzene rings is 1. The quantitative estimate of drug-likeness (QED) is 0.640. The lowest BCUT2D eigenvalue weighted by Gasteiger charge is -2.45. The first-order valence-corrected chi connectivity index (χ1v) is 12.4. The van der Waals surface area contributed by atoms with Crippen LogP contribution in [0.4, 0.5) is 10.8 Å². The molecule has 0 saturated heterocycles. The number of Topliss-reactive ketones (excluding diaryl/α,β-unsaturated/α-hetero) is 1. The maximum atomic E-state index is 13.7. The second-order valence-corrected chi connectivity index (χ2v) is 11.5. The fourth-order valence-electron chi connectivity index (χ4n) is 5.07. The summed E-state index contributed by atoms with van der Waals surface area (Å²) in [5, 5.41) is 22.2. The lowest BCUT2D eigenvalue weighted by molar-refractivity contribution is -0.123. The van der Waals surface area contributed by atoms with E-state index in [9.17, 15) is 14.9 Å². The van der Waals surface area contributed by atoms with Crippen LogP contribution in [0.15, 0.2) is 51.3 Å². The number of nitrogens with one attached hydrogen (secondary N) is 1. The molecule has 0 saturated carbocycles. The first kappa shape index (κ1) is 21.7. The van der Waals surface area contributed by atoms with Crippen molar-refractivity contribution in [3.63, 3.8) is 0 Å². The number of thioether (sulfide) groups is 1. The van der Waals surface area contributed by atoms with E-state index in [1.807, 2.05) is 26.8 Å². The second kappa shape index (κ2) is 7.43. The predicted octanol–water partition coefficient (Wildman–Crippen LogP) is 3.70. The largest absolute Gasteiger partial charge is 0.384 e. The molecule has 2 aliphatic heterocycles. The first-order valence-electron chi connectivity index (χ1n) is 10.6. The molecular weight excluding hydrogens is 456 g/mol. The number of carbonyl (C=O) groups is 2. The Balaban J connectivity index is 1.85. The molecule has 33 heavy (non-hydrogen) atoms. The molecule has 1 amide bonds. The number of aromatic nitrogens is 2. The predicted molar refractivity (Wildman–Crippen MR) is 127 cm³/mol. The second-order valence-electron chi connectivity index (χ2n) is 9.00. The van der Waals surface area contributed by atoms with Gasteiger partial charge in [0.1, 0.15) is 17.3 Å². The lowest BCUT2D eigenvalue weighted by Crippen LogP contribution is -2.52. The monoisotopic (exact) mass is 478 g/mol. The number of fused-ring (bicyclic) bond motifs is 3. The number of nitriles is 1. The van der Waals surface area contributed by atoms with Crippen LogP contribution >= 0.6 is 23.1 Å². The summed E-state index contributed by atoms with van der Waals surface area (Å²) in [7, 11) is 0. The van der Waals surface area contributed by atoms with Crippen molar-refractivity contribution in [2.75, 3.05) is 16.0 Å². The van der Waals surface area contributed by atoms with E-state index in [4.69, 9.17) is 5.73 Å². The molecule has 1 aromatic heterocycles. The van der Waals surface area contributed by atoms with Gasteiger partial charge < -0.3 is 11.1 Å². The number of nitrogens with zero attached hydrogens (tertiary/aromatic N) is 4. The van der Waals surface area contributed by atoms with Crippen molar-refractivity contribution in [3.8, 4) is 6.07 Å². The van der Waals surface area contributed by atoms with Crippen LogP contribution in [0.3, 0.4) is 0 Å². The van der Waals surface area contributed by atoms with Crippen LogP contribution in [0.25, 0.3) is 0 Å². The molecule has 1 atom stereocenters. The van der Waals surface area contributed by atoms with Crippen LogP contribution in [-0.2, 0) is 15.0 Å². The van der Waals surface area contributed by atoms with Crippen LogP contribution in [0.2, 0.25) is 0 Å². The van der Waals surface area contributed by atoms with Crippen molar-refractivity contribution < 1.29 is 9.59 Å². The van der Waals surface area contributed by atoms with Crippen molar-refractivity contribution in [1.29, 1.82) is 5.26 Å². The molecule has 8 nitrogen and oxygen atoms in total. The molecule has 0 radical (unpaired) electrons. The van der Waals surface area contributed by atoms with Crippen LogP contribution in [0, 0.1) is 16.7 Å². The summed E-state index contributed by atoms with van der Waals surface area (Å²) in [6, 6.07) is 9.35. The molecule has 3 heterocycles. The maximum Gasteiger partial charge on any atom is 0.245 e. The number of anilines is 2. The minimum absolute atomic E-state index is 0.0386. The fourth-order valence-corrected chi connectivity index (χ4v) is 6.84. The Morgan fingerprint density at radius 1 is 1.27 bits per heavy atom. The number of rotatable bonds is 3. The van der Waals surface area contributed by atoms with E-state index in [1.165, 1.54) is 11.3 Å². The Morgan fingerprint density at radius 2 is 2.03 bits per heavy atom. The van der Waals surface area contributed by atoms with E-state index >= 15 is 0 Å². The molecule has 1 aromatic carbocycles. The minimum Gasteiger partial charge on any atom is -0.384 e. The molecule has 0 unspecified atom stereocenters. The number of hydrogen-bond acceptors (Lipinski definition) is 9. The molecule has 2 aromatic rings. The van der Waals surface area contributed by atoms with Crippen molar-refractivity contribution in [2.45, 2.75) is 43.4 Å². The van der Waals surface area contributed by atoms with Gasteiger partial charge in [-0.3, -0.25) is 14.5 Å². The summed E-state index contributed by atoms with van der Waals surface area (Å²) < 4.78 is 0.770. The average Bonchev–Trinajstić information content (AvgIpc) is 3.31. The molecule has 0 fully saturated rings. The molecule has 3 N–H and O–H groups in total. The molecule has 0 bridgehead atoms. The third kappa shape index (κ3) is 2.96. The van der Waals surface area contributed by atoms with Crippen molar-refractivity contribution in [1.82, 2.24) is 10.2 Å². The van der Waals surface area contributed by atoms with Crippen LogP contribution in [0.5, 0.6) is 0 Å². The topological polar surface area (TPSA) is 125 Å². The standard InChI is InChI=1S/C23H22N6O2S2/c1-4-32-21-28-27-20(33-21)29-15-9-22(2,3)10-16(30)17(15)23(13(11-24)18(29)25)12-7-5-6-8-14(12)26-19(23)31/h5-8H,4,9-10,25H2,1-3H3,(H,26,31)/t23-/m0/s1. The molecular formula is C23H22N6O2S2. The normalized spacial score (nSPS) is 23.5. The summed E-state index contributed by atoms with van der Waals surface area (Å²) in [6.07, 6.45) is 0.767. The number of amides is 1. The van der Waals surface area contributed by atoms with Gasteiger partial charge in [0.2, 0.25) is 11.0 Å². The highest BCUT2D eigenvalue weighted by molar-refractivity contribution is 8.01. The first-order chi connectivity index (χ1) is 15.7. The van der Waals surface area contributed by atoms with Gasteiger partial charge in [0, 0.05) is 28.9 Å². The number of para-hydroxylation sites is 1. The zero-order valence-corrected chi connectivity index (χ0v) is 20.1. The molecule has 1 aliphatic carbocycles. The van der Waals surface area contributed by atoms with Crippen LogP contribution < -0.4 is 16.0 Å². The zero-order chi connectivity index (χ0) is 23.5. The van der Waals surface area contributed by atoms with E-state index in [2.05, 4.69) is 21.6 Å². The third-order valence-corrected chi connectivity index (χ3v) is 8.18. The minimum atomic E-state index is -1.57. The van der Waals surface area contributed by atoms with Gasteiger partial charge in [-0.15, -0.1) is 10.2 Å². The van der Waals surface area contributed by atoms with Gasteiger partial charge in [-0.1, -0.05) is 62.1 Å². The Morgan fingerprint density at radius 3 is 2.76 bits per heavy atom. The Labute approximate surface area is 199 Å². The number of hydrogen-bond donors (Lipinski definition) is 2. The smallest absolute Gasteiger partial charge is 0.245 e. The Kier molecular flexibility index (Phi) is 4.88. The summed E-state index contributed by atoms with van der Waals surface area (Å²) in [5.41, 5.74) is 6.87. The Bertz CT molecular complexity index is 1320. The van der Waals surface area contributed by atoms with Crippen molar-refractivity contribution in [2.24, 2.45) is 11.1 Å². The van der Waals surface area contributed by atoms with E-state index < -0.39 is 11.3 Å². The number of carbonyl (C=O) groups excluding carboxylic acids is 2. The van der Waals surface area contributed by atoms with Gasteiger partial charge in [-0.05, 0) is 23.7 Å². The van der Waals surface area contributed by atoms with Gasteiger partial charge in [-0.25, -0.2) is 0 Å². The molecule has 3 aliphatic rings. The van der Waals surface area contributed by atoms with Gasteiger partial charge in [0.25, 0.3) is 0 Å². The van der Waals surface area contributed by atoms with Gasteiger partial charge in [0.15, 0.2) is 10.1 Å². The van der Waals surface area contributed by atoms with Crippen LogP contribution in [-0.4, -0.2) is 27.6 Å². The highest BCUT2D eigenvalue weighted by Crippen LogP contribution is 2.57. The summed E-state index contributed by atoms with van der Waals surface area (Å²) in [4.78, 5) is 29.0. The SMILES string of the molecule is CCSc1nnc(N2C(N)=C(C#N)[C@]3(C(=O)Nc4ccccc43)C3=C2CC(C)(C)CC3=O)s1. The molecule has 5 rings (SSSR count). The van der Waals surface area contributed by atoms with Gasteiger partial charge in [-0.2, -0.15) is 5.26 Å². The maximum absolute atomic E-state index is 13.7.